The maximum Gasteiger partial charge on any atom is 0.283 e. The minimum atomic E-state index is -3.25. The average Bonchev–Trinajstić information content (AvgIpc) is 3.84. The van der Waals surface area contributed by atoms with Crippen LogP contribution in [0.1, 0.15) is 100 Å². The second-order valence-corrected chi connectivity index (χ2v) is 17.6. The minimum Gasteiger partial charge on any atom is -0.390 e. The number of piperidine rings is 1. The number of fused-ring (bicyclic) bond motifs is 5. The number of para-hydroxylation sites is 1. The van der Waals surface area contributed by atoms with Crippen molar-refractivity contribution in [1.82, 2.24) is 35.0 Å². The van der Waals surface area contributed by atoms with Crippen molar-refractivity contribution in [3.63, 3.8) is 0 Å². The SMILES string of the molecule is C[C@@H]1Cc2c([nH]c3ccccc23)[C@@H](c2cnc(N3CC4(CCC(CN5Cc6cc7c(cc6C5)C(=O)N(C5CCC(=O)NC5=O)C7=O)CC4)C3)nc2)N1CC(F)(F)CO. The van der Waals surface area contributed by atoms with Crippen LogP contribution in [0.25, 0.3) is 10.9 Å². The standard InChI is InChI=1S/C43H46F2N8O5/c1-24-12-30-29-4-2-3-5-33(29)48-36(30)37(52(24)22-43(44,45)23-54)28-15-46-41(47-16-28)51-20-42(21-51)10-8-25(9-11-42)17-50-18-26-13-31-32(14-27(26)19-50)40(58)53(39(31)57)34-6-7-35(55)49-38(34)56/h2-5,13-16,24-25,34,37,48,54H,6-12,17-23H2,1H3,(H,49,55,56)/t24-,34?,37-/m1/s1. The second-order valence-electron chi connectivity index (χ2n) is 17.6. The third-order valence-electron chi connectivity index (χ3n) is 13.7. The van der Waals surface area contributed by atoms with Crippen LogP contribution in [0, 0.1) is 11.3 Å². The number of carbonyl (C=O) groups is 4. The van der Waals surface area contributed by atoms with Gasteiger partial charge in [0.05, 0.1) is 23.7 Å². The van der Waals surface area contributed by atoms with Crippen LogP contribution in [0.5, 0.6) is 0 Å². The average molecular weight is 793 g/mol. The Morgan fingerprint density at radius 3 is 2.28 bits per heavy atom. The third-order valence-corrected chi connectivity index (χ3v) is 13.7. The van der Waals surface area contributed by atoms with Crippen LogP contribution in [-0.2, 0) is 29.1 Å². The van der Waals surface area contributed by atoms with Crippen LogP contribution >= 0.6 is 0 Å². The Hall–Kier alpha value is -5.12. The molecule has 4 aromatic rings. The zero-order chi connectivity index (χ0) is 40.1. The molecular formula is C43H46F2N8O5. The molecule has 1 unspecified atom stereocenters. The van der Waals surface area contributed by atoms with Gasteiger partial charge in [0.2, 0.25) is 17.8 Å². The maximum absolute atomic E-state index is 14.7. The van der Waals surface area contributed by atoms with Crippen molar-refractivity contribution < 1.29 is 33.1 Å². The summed E-state index contributed by atoms with van der Waals surface area (Å²) >= 11 is 0. The number of carbonyl (C=O) groups excluding carboxylic acids is 4. The van der Waals surface area contributed by atoms with E-state index in [0.717, 1.165) is 89.1 Å². The largest absolute Gasteiger partial charge is 0.390 e. The number of rotatable bonds is 8. The molecule has 7 heterocycles. The highest BCUT2D eigenvalue weighted by Crippen LogP contribution is 2.48. The van der Waals surface area contributed by atoms with Crippen LogP contribution in [0.4, 0.5) is 14.7 Å². The Balaban J connectivity index is 0.760. The van der Waals surface area contributed by atoms with Gasteiger partial charge in [0.15, 0.2) is 0 Å². The number of amides is 4. The van der Waals surface area contributed by atoms with Crippen molar-refractivity contribution in [2.45, 2.75) is 89.0 Å². The van der Waals surface area contributed by atoms with E-state index in [9.17, 15) is 33.1 Å². The highest BCUT2D eigenvalue weighted by molar-refractivity contribution is 6.23. The number of alkyl halides is 2. The van der Waals surface area contributed by atoms with Crippen molar-refractivity contribution in [3.05, 3.63) is 87.9 Å². The number of H-pyrrole nitrogens is 1. The monoisotopic (exact) mass is 792 g/mol. The van der Waals surface area contributed by atoms with E-state index in [4.69, 9.17) is 9.97 Å². The smallest absolute Gasteiger partial charge is 0.283 e. The zero-order valence-electron chi connectivity index (χ0n) is 32.3. The van der Waals surface area contributed by atoms with Crippen molar-refractivity contribution in [2.75, 3.05) is 37.7 Å². The second kappa shape index (κ2) is 13.7. The summed E-state index contributed by atoms with van der Waals surface area (Å²) in [5.74, 6) is -4.02. The lowest BCUT2D eigenvalue weighted by molar-refractivity contribution is -0.136. The highest BCUT2D eigenvalue weighted by atomic mass is 19.3. The summed E-state index contributed by atoms with van der Waals surface area (Å²) in [6.45, 7) is 4.25. The van der Waals surface area contributed by atoms with Crippen LogP contribution in [0.2, 0.25) is 0 Å². The first-order valence-electron chi connectivity index (χ1n) is 20.4. The van der Waals surface area contributed by atoms with E-state index >= 15 is 0 Å². The Morgan fingerprint density at radius 2 is 1.62 bits per heavy atom. The van der Waals surface area contributed by atoms with E-state index < -0.39 is 54.8 Å². The molecule has 1 spiro atoms. The van der Waals surface area contributed by atoms with E-state index in [0.29, 0.717) is 42.5 Å². The van der Waals surface area contributed by atoms with Crippen LogP contribution in [0.15, 0.2) is 48.8 Å². The van der Waals surface area contributed by atoms with Crippen molar-refractivity contribution in [3.8, 4) is 0 Å². The van der Waals surface area contributed by atoms with Gasteiger partial charge in [0, 0.05) is 85.2 Å². The molecule has 3 fully saturated rings. The normalized spacial score (nSPS) is 25.0. The molecule has 15 heteroatoms. The predicted octanol–water partition coefficient (Wildman–Crippen LogP) is 4.34. The number of hydrogen-bond acceptors (Lipinski definition) is 10. The zero-order valence-corrected chi connectivity index (χ0v) is 32.3. The molecule has 6 aliphatic rings. The maximum atomic E-state index is 14.7. The van der Waals surface area contributed by atoms with Gasteiger partial charge < -0.3 is 15.0 Å². The topological polar surface area (TPSA) is 155 Å². The number of hydrogen-bond donors (Lipinski definition) is 3. The predicted molar refractivity (Wildman–Crippen MR) is 208 cm³/mol. The fraction of sp³-hybridized carbons (Fsp3) is 0.488. The fourth-order valence-electron chi connectivity index (χ4n) is 10.7. The van der Waals surface area contributed by atoms with Crippen LogP contribution in [0.3, 0.4) is 0 Å². The Labute approximate surface area is 333 Å². The molecule has 0 bridgehead atoms. The Morgan fingerprint density at radius 1 is 0.948 bits per heavy atom. The number of anilines is 1. The number of nitrogens with one attached hydrogen (secondary N) is 2. The first kappa shape index (κ1) is 37.2. The van der Waals surface area contributed by atoms with Gasteiger partial charge in [-0.1, -0.05) is 18.2 Å². The van der Waals surface area contributed by atoms with Gasteiger partial charge in [-0.3, -0.25) is 39.2 Å². The van der Waals surface area contributed by atoms with Gasteiger partial charge >= 0.3 is 0 Å². The number of nitrogens with zero attached hydrogens (tertiary/aromatic N) is 6. The molecule has 302 valence electrons. The summed E-state index contributed by atoms with van der Waals surface area (Å²) in [5.41, 5.74) is 6.63. The molecule has 13 nitrogen and oxygen atoms in total. The molecule has 2 saturated heterocycles. The van der Waals surface area contributed by atoms with Crippen LogP contribution < -0.4 is 10.2 Å². The number of aliphatic hydroxyl groups is 1. The molecular weight excluding hydrogens is 747 g/mol. The Kier molecular flexibility index (Phi) is 8.80. The molecule has 3 atom stereocenters. The number of aliphatic hydroxyl groups excluding tert-OH is 1. The fourth-order valence-corrected chi connectivity index (χ4v) is 10.7. The summed E-state index contributed by atoms with van der Waals surface area (Å²) in [7, 11) is 0. The lowest BCUT2D eigenvalue weighted by Crippen LogP contribution is -2.58. The summed E-state index contributed by atoms with van der Waals surface area (Å²) in [4.78, 5) is 71.3. The summed E-state index contributed by atoms with van der Waals surface area (Å²) in [6.07, 6.45) is 8.82. The summed E-state index contributed by atoms with van der Waals surface area (Å²) in [6, 6.07) is 9.98. The first-order valence-corrected chi connectivity index (χ1v) is 20.4. The summed E-state index contributed by atoms with van der Waals surface area (Å²) in [5, 5.41) is 12.8. The number of aromatic amines is 1. The van der Waals surface area contributed by atoms with Crippen molar-refractivity contribution in [2.24, 2.45) is 11.3 Å². The van der Waals surface area contributed by atoms with Gasteiger partial charge in [-0.15, -0.1) is 0 Å². The number of imide groups is 2. The van der Waals surface area contributed by atoms with E-state index in [1.165, 1.54) is 0 Å². The molecule has 2 aromatic heterocycles. The van der Waals surface area contributed by atoms with E-state index in [-0.39, 0.29) is 24.3 Å². The number of benzene rings is 2. The Bertz CT molecular complexity index is 2300. The van der Waals surface area contributed by atoms with Gasteiger partial charge in [0.1, 0.15) is 12.6 Å². The quantitative estimate of drug-likeness (QED) is 0.220. The molecule has 0 radical (unpaired) electrons. The lowest BCUT2D eigenvalue weighted by atomic mass is 9.66. The summed E-state index contributed by atoms with van der Waals surface area (Å²) < 4.78 is 29.4. The molecule has 58 heavy (non-hydrogen) atoms. The molecule has 4 amide bonds. The van der Waals surface area contributed by atoms with Gasteiger partial charge in [-0.05, 0) is 86.3 Å². The first-order chi connectivity index (χ1) is 27.9. The number of halogens is 2. The van der Waals surface area contributed by atoms with Gasteiger partial charge in [-0.25, -0.2) is 18.7 Å². The minimum absolute atomic E-state index is 0.0912. The third kappa shape index (κ3) is 6.20. The van der Waals surface area contributed by atoms with E-state index in [1.54, 1.807) is 17.3 Å². The van der Waals surface area contributed by atoms with Gasteiger partial charge in [0.25, 0.3) is 17.7 Å². The van der Waals surface area contributed by atoms with E-state index in [1.807, 2.05) is 37.3 Å². The lowest BCUT2D eigenvalue weighted by Gasteiger charge is -2.53. The van der Waals surface area contributed by atoms with Crippen molar-refractivity contribution >= 4 is 40.5 Å². The van der Waals surface area contributed by atoms with E-state index in [2.05, 4.69) is 26.2 Å². The molecule has 10 rings (SSSR count). The molecule has 5 aliphatic heterocycles. The van der Waals surface area contributed by atoms with Crippen molar-refractivity contribution in [1.29, 1.82) is 0 Å². The highest BCUT2D eigenvalue weighted by Gasteiger charge is 2.48. The molecule has 3 N–H and O–H groups in total. The number of aromatic nitrogens is 3. The molecule has 1 saturated carbocycles. The molecule has 1 aliphatic carbocycles. The van der Waals surface area contributed by atoms with Gasteiger partial charge in [-0.2, -0.15) is 0 Å². The van der Waals surface area contributed by atoms with Crippen LogP contribution in [-0.4, -0.2) is 109 Å². The molecule has 2 aromatic carbocycles.